The molecular formula is C14H14O2S. The third kappa shape index (κ3) is 2.39. The fourth-order valence-electron chi connectivity index (χ4n) is 1.69. The molecule has 0 fully saturated rings. The molecular weight excluding hydrogens is 232 g/mol. The van der Waals surface area contributed by atoms with Crippen molar-refractivity contribution < 1.29 is 9.53 Å². The maximum atomic E-state index is 12.3. The first-order valence-corrected chi connectivity index (χ1v) is 6.39. The van der Waals surface area contributed by atoms with Crippen molar-refractivity contribution in [3.05, 3.63) is 51.7 Å². The van der Waals surface area contributed by atoms with Crippen LogP contribution in [0.4, 0.5) is 0 Å². The summed E-state index contributed by atoms with van der Waals surface area (Å²) in [6.07, 6.45) is 0.890. The van der Waals surface area contributed by atoms with E-state index in [1.54, 1.807) is 19.2 Å². The van der Waals surface area contributed by atoms with E-state index in [4.69, 9.17) is 4.74 Å². The van der Waals surface area contributed by atoms with E-state index in [1.165, 1.54) is 11.3 Å². The van der Waals surface area contributed by atoms with Gasteiger partial charge in [-0.15, -0.1) is 11.3 Å². The first-order valence-electron chi connectivity index (χ1n) is 5.51. The molecule has 2 nitrogen and oxygen atoms in total. The fraction of sp³-hybridized carbons (Fsp3) is 0.214. The summed E-state index contributed by atoms with van der Waals surface area (Å²) in [7, 11) is 1.62. The molecule has 88 valence electrons. The molecule has 0 N–H and O–H groups in total. The van der Waals surface area contributed by atoms with Gasteiger partial charge >= 0.3 is 0 Å². The van der Waals surface area contributed by atoms with Gasteiger partial charge in [-0.05, 0) is 47.7 Å². The van der Waals surface area contributed by atoms with Crippen LogP contribution in [-0.2, 0) is 6.42 Å². The van der Waals surface area contributed by atoms with Gasteiger partial charge in [-0.3, -0.25) is 4.79 Å². The summed E-state index contributed by atoms with van der Waals surface area (Å²) in [5.74, 6) is 0.864. The minimum absolute atomic E-state index is 0.0968. The smallest absolute Gasteiger partial charge is 0.203 e. The van der Waals surface area contributed by atoms with Crippen LogP contribution in [-0.4, -0.2) is 12.9 Å². The van der Waals surface area contributed by atoms with Gasteiger partial charge in [0.1, 0.15) is 5.75 Å². The SMILES string of the molecule is CCc1ccsc1C(=O)c1ccc(OC)cc1. The highest BCUT2D eigenvalue weighted by Crippen LogP contribution is 2.22. The maximum Gasteiger partial charge on any atom is 0.203 e. The Morgan fingerprint density at radius 2 is 1.94 bits per heavy atom. The molecule has 1 aromatic carbocycles. The van der Waals surface area contributed by atoms with Gasteiger partial charge in [-0.2, -0.15) is 0 Å². The minimum atomic E-state index is 0.0968. The van der Waals surface area contributed by atoms with Crippen molar-refractivity contribution in [1.82, 2.24) is 0 Å². The third-order valence-electron chi connectivity index (χ3n) is 2.69. The van der Waals surface area contributed by atoms with Crippen molar-refractivity contribution in [3.8, 4) is 5.75 Å². The lowest BCUT2D eigenvalue weighted by atomic mass is 10.1. The highest BCUT2D eigenvalue weighted by atomic mass is 32.1. The molecule has 0 radical (unpaired) electrons. The third-order valence-corrected chi connectivity index (χ3v) is 3.64. The summed E-state index contributed by atoms with van der Waals surface area (Å²) in [6, 6.07) is 9.25. The Bertz CT molecular complexity index is 511. The number of rotatable bonds is 4. The van der Waals surface area contributed by atoms with Crippen LogP contribution in [0.5, 0.6) is 5.75 Å². The Hall–Kier alpha value is -1.61. The standard InChI is InChI=1S/C14H14O2S/c1-3-10-8-9-17-14(10)13(15)11-4-6-12(16-2)7-5-11/h4-9H,3H2,1-2H3. The van der Waals surface area contributed by atoms with Crippen LogP contribution >= 0.6 is 11.3 Å². The van der Waals surface area contributed by atoms with E-state index in [0.717, 1.165) is 22.6 Å². The molecule has 1 aromatic heterocycles. The summed E-state index contributed by atoms with van der Waals surface area (Å²) in [6.45, 7) is 2.06. The number of aryl methyl sites for hydroxylation is 1. The molecule has 0 amide bonds. The van der Waals surface area contributed by atoms with Gasteiger partial charge in [-0.25, -0.2) is 0 Å². The molecule has 0 spiro atoms. The van der Waals surface area contributed by atoms with Crippen LogP contribution in [0.25, 0.3) is 0 Å². The van der Waals surface area contributed by atoms with Crippen LogP contribution in [0.1, 0.15) is 27.7 Å². The topological polar surface area (TPSA) is 26.3 Å². The lowest BCUT2D eigenvalue weighted by Gasteiger charge is -2.03. The Morgan fingerprint density at radius 1 is 1.24 bits per heavy atom. The number of benzene rings is 1. The summed E-state index contributed by atoms with van der Waals surface area (Å²) in [5, 5.41) is 1.97. The number of carbonyl (C=O) groups excluding carboxylic acids is 1. The average molecular weight is 246 g/mol. The highest BCUT2D eigenvalue weighted by Gasteiger charge is 2.14. The van der Waals surface area contributed by atoms with Gasteiger partial charge in [0.2, 0.25) is 5.78 Å². The summed E-state index contributed by atoms with van der Waals surface area (Å²) < 4.78 is 5.08. The number of carbonyl (C=O) groups is 1. The molecule has 1 heterocycles. The zero-order valence-corrected chi connectivity index (χ0v) is 10.7. The summed E-state index contributed by atoms with van der Waals surface area (Å²) >= 11 is 1.51. The van der Waals surface area contributed by atoms with E-state index in [2.05, 4.69) is 6.92 Å². The Kier molecular flexibility index (Phi) is 3.59. The lowest BCUT2D eigenvalue weighted by Crippen LogP contribution is -2.01. The van der Waals surface area contributed by atoms with E-state index in [9.17, 15) is 4.79 Å². The zero-order chi connectivity index (χ0) is 12.3. The van der Waals surface area contributed by atoms with E-state index in [-0.39, 0.29) is 5.78 Å². The number of ketones is 1. The van der Waals surface area contributed by atoms with Crippen molar-refractivity contribution in [2.24, 2.45) is 0 Å². The first kappa shape index (κ1) is 11.9. The molecule has 3 heteroatoms. The van der Waals surface area contributed by atoms with Crippen molar-refractivity contribution in [3.63, 3.8) is 0 Å². The number of hydrogen-bond donors (Lipinski definition) is 0. The molecule has 0 saturated heterocycles. The molecule has 0 bridgehead atoms. The number of hydrogen-bond acceptors (Lipinski definition) is 3. The van der Waals surface area contributed by atoms with Crippen LogP contribution in [0.3, 0.4) is 0 Å². The van der Waals surface area contributed by atoms with Gasteiger partial charge in [0, 0.05) is 5.56 Å². The average Bonchev–Trinajstić information content (AvgIpc) is 2.86. The molecule has 0 aliphatic rings. The second-order valence-corrected chi connectivity index (χ2v) is 4.60. The van der Waals surface area contributed by atoms with Crippen LogP contribution in [0.15, 0.2) is 35.7 Å². The van der Waals surface area contributed by atoms with Crippen LogP contribution < -0.4 is 4.74 Å². The van der Waals surface area contributed by atoms with Crippen molar-refractivity contribution >= 4 is 17.1 Å². The van der Waals surface area contributed by atoms with E-state index in [1.807, 2.05) is 23.6 Å². The molecule has 2 aromatic rings. The predicted octanol–water partition coefficient (Wildman–Crippen LogP) is 3.55. The van der Waals surface area contributed by atoms with Crippen LogP contribution in [0, 0.1) is 0 Å². The maximum absolute atomic E-state index is 12.3. The molecule has 0 saturated carbocycles. The van der Waals surface area contributed by atoms with E-state index >= 15 is 0 Å². The van der Waals surface area contributed by atoms with E-state index < -0.39 is 0 Å². The normalized spacial score (nSPS) is 10.2. The predicted molar refractivity (Wildman–Crippen MR) is 70.1 cm³/mol. The zero-order valence-electron chi connectivity index (χ0n) is 9.90. The van der Waals surface area contributed by atoms with Gasteiger partial charge < -0.3 is 4.74 Å². The van der Waals surface area contributed by atoms with Crippen LogP contribution in [0.2, 0.25) is 0 Å². The molecule has 0 unspecified atom stereocenters. The monoisotopic (exact) mass is 246 g/mol. The summed E-state index contributed by atoms with van der Waals surface area (Å²) in [5.41, 5.74) is 1.83. The number of ether oxygens (including phenoxy) is 1. The molecule has 0 aliphatic heterocycles. The van der Waals surface area contributed by atoms with Crippen molar-refractivity contribution in [2.75, 3.05) is 7.11 Å². The molecule has 0 aliphatic carbocycles. The van der Waals surface area contributed by atoms with Crippen molar-refractivity contribution in [1.29, 1.82) is 0 Å². The van der Waals surface area contributed by atoms with E-state index in [0.29, 0.717) is 5.56 Å². The quantitative estimate of drug-likeness (QED) is 0.771. The highest BCUT2D eigenvalue weighted by molar-refractivity contribution is 7.12. The van der Waals surface area contributed by atoms with Crippen molar-refractivity contribution in [2.45, 2.75) is 13.3 Å². The number of methoxy groups -OCH3 is 1. The summed E-state index contributed by atoms with van der Waals surface area (Å²) in [4.78, 5) is 13.1. The van der Waals surface area contributed by atoms with Gasteiger partial charge in [0.15, 0.2) is 0 Å². The van der Waals surface area contributed by atoms with Gasteiger partial charge in [-0.1, -0.05) is 6.92 Å². The minimum Gasteiger partial charge on any atom is -0.497 e. The van der Waals surface area contributed by atoms with Gasteiger partial charge in [0.25, 0.3) is 0 Å². The molecule has 17 heavy (non-hydrogen) atoms. The Labute approximate surface area is 105 Å². The molecule has 2 rings (SSSR count). The van der Waals surface area contributed by atoms with Gasteiger partial charge in [0.05, 0.1) is 12.0 Å². The second-order valence-electron chi connectivity index (χ2n) is 3.69. The Balaban J connectivity index is 2.30. The second kappa shape index (κ2) is 5.15. The first-order chi connectivity index (χ1) is 8.26. The fourth-order valence-corrected chi connectivity index (χ4v) is 2.64. The largest absolute Gasteiger partial charge is 0.497 e. The molecule has 0 atom stereocenters. The lowest BCUT2D eigenvalue weighted by molar-refractivity contribution is 0.104. The Morgan fingerprint density at radius 3 is 2.53 bits per heavy atom. The number of thiophene rings is 1.